The molecule has 158 valence electrons. The minimum Gasteiger partial charge on any atom is -0.355 e. The number of carbonyl (C=O) groups is 1. The number of nitrogens with one attached hydrogen (secondary N) is 1. The highest BCUT2D eigenvalue weighted by Gasteiger charge is 2.28. The molecule has 1 atom stereocenters. The number of hydrogen-bond acceptors (Lipinski definition) is 5. The van der Waals surface area contributed by atoms with Crippen molar-refractivity contribution in [2.24, 2.45) is 0 Å². The summed E-state index contributed by atoms with van der Waals surface area (Å²) in [5.41, 5.74) is 2.20. The minimum absolute atomic E-state index is 0.00560. The maximum atomic E-state index is 13.2. The number of thioether (sulfide) groups is 1. The van der Waals surface area contributed by atoms with Crippen LogP contribution in [0.2, 0.25) is 0 Å². The van der Waals surface area contributed by atoms with Crippen molar-refractivity contribution in [1.82, 2.24) is 24.6 Å². The quantitative estimate of drug-likeness (QED) is 0.484. The second-order valence-corrected chi connectivity index (χ2v) is 8.91. The van der Waals surface area contributed by atoms with Crippen molar-refractivity contribution in [3.63, 3.8) is 0 Å². The van der Waals surface area contributed by atoms with Crippen molar-refractivity contribution in [3.8, 4) is 17.1 Å². The number of amides is 1. The van der Waals surface area contributed by atoms with Crippen LogP contribution < -0.4 is 10.9 Å². The number of carbonyl (C=O) groups excluding carboxylic acids is 1. The van der Waals surface area contributed by atoms with Crippen LogP contribution in [0.1, 0.15) is 45.2 Å². The van der Waals surface area contributed by atoms with Gasteiger partial charge in [0.1, 0.15) is 5.56 Å². The standard InChI is InChI=1S/C22H27N5O2S/c1-3-13-23-20(28)15(2)30-22-24-19-18(17-12-8-5-9-14-26(17)22)21(29)27(25-19)16-10-6-4-7-11-16/h4,6-7,10-11,15H,3,5,8-9,12-14H2,1-2H3,(H,23,28). The van der Waals surface area contributed by atoms with Gasteiger partial charge in [-0.1, -0.05) is 43.3 Å². The number of rotatable bonds is 6. The van der Waals surface area contributed by atoms with E-state index in [0.717, 1.165) is 55.2 Å². The van der Waals surface area contributed by atoms with E-state index in [9.17, 15) is 9.59 Å². The highest BCUT2D eigenvalue weighted by Crippen LogP contribution is 2.32. The Morgan fingerprint density at radius 2 is 2.03 bits per heavy atom. The Balaban J connectivity index is 1.80. The molecule has 1 aromatic rings. The zero-order valence-electron chi connectivity index (χ0n) is 17.4. The summed E-state index contributed by atoms with van der Waals surface area (Å²) in [7, 11) is 0. The maximum Gasteiger partial charge on any atom is 0.284 e. The van der Waals surface area contributed by atoms with E-state index in [1.54, 1.807) is 0 Å². The smallest absolute Gasteiger partial charge is 0.284 e. The molecule has 7 nitrogen and oxygen atoms in total. The normalized spacial score (nSPS) is 14.9. The molecule has 3 aliphatic heterocycles. The largest absolute Gasteiger partial charge is 0.355 e. The number of nitrogens with zero attached hydrogens (tertiary/aromatic N) is 4. The molecular formula is C22H27N5O2S. The summed E-state index contributed by atoms with van der Waals surface area (Å²) in [4.78, 5) is 30.4. The van der Waals surface area contributed by atoms with Crippen molar-refractivity contribution in [2.75, 3.05) is 6.54 Å². The Hall–Kier alpha value is -2.61. The summed E-state index contributed by atoms with van der Waals surface area (Å²) < 4.78 is 3.58. The average molecular weight is 426 g/mol. The van der Waals surface area contributed by atoms with Crippen molar-refractivity contribution in [2.45, 2.75) is 62.9 Å². The van der Waals surface area contributed by atoms with E-state index in [1.165, 1.54) is 16.4 Å². The van der Waals surface area contributed by atoms with Crippen LogP contribution in [0.3, 0.4) is 0 Å². The molecule has 4 rings (SSSR count). The van der Waals surface area contributed by atoms with Crippen molar-refractivity contribution < 1.29 is 4.79 Å². The summed E-state index contributed by atoms with van der Waals surface area (Å²) in [6.07, 6.45) is 4.90. The molecular weight excluding hydrogens is 398 g/mol. The minimum atomic E-state index is -0.274. The maximum absolute atomic E-state index is 13.2. The van der Waals surface area contributed by atoms with Gasteiger partial charge in [0.2, 0.25) is 5.91 Å². The molecule has 1 N–H and O–H groups in total. The van der Waals surface area contributed by atoms with Crippen molar-refractivity contribution in [3.05, 3.63) is 46.4 Å². The highest BCUT2D eigenvalue weighted by atomic mass is 32.2. The lowest BCUT2D eigenvalue weighted by Crippen LogP contribution is -2.32. The lowest BCUT2D eigenvalue weighted by Gasteiger charge is -2.19. The van der Waals surface area contributed by atoms with Gasteiger partial charge in [-0.05, 0) is 44.7 Å². The molecule has 1 unspecified atom stereocenters. The Morgan fingerprint density at radius 1 is 1.23 bits per heavy atom. The van der Waals surface area contributed by atoms with E-state index in [-0.39, 0.29) is 16.7 Å². The zero-order chi connectivity index (χ0) is 21.1. The molecule has 0 saturated carbocycles. The van der Waals surface area contributed by atoms with E-state index >= 15 is 0 Å². The molecule has 0 spiro atoms. The first-order valence-electron chi connectivity index (χ1n) is 10.6. The molecule has 0 bridgehead atoms. The number of para-hydroxylation sites is 1. The Morgan fingerprint density at radius 3 is 2.80 bits per heavy atom. The third kappa shape index (κ3) is 4.01. The van der Waals surface area contributed by atoms with Crippen molar-refractivity contribution in [1.29, 1.82) is 0 Å². The SMILES string of the molecule is CCCNC(=O)C(C)Sc1nc2nn(-c3ccccc3)c(=O)c-2c2n1CCCCC2. The topological polar surface area (TPSA) is 81.8 Å². The van der Waals surface area contributed by atoms with Crippen LogP contribution in [-0.4, -0.2) is 37.0 Å². The second-order valence-electron chi connectivity index (χ2n) is 7.61. The molecule has 30 heavy (non-hydrogen) atoms. The van der Waals surface area contributed by atoms with Crippen LogP contribution in [0.5, 0.6) is 0 Å². The number of fused-ring (bicyclic) bond motifs is 3. The van der Waals surface area contributed by atoms with Crippen LogP contribution in [-0.2, 0) is 17.8 Å². The number of aromatic nitrogens is 4. The third-order valence-electron chi connectivity index (χ3n) is 5.37. The summed E-state index contributed by atoms with van der Waals surface area (Å²) >= 11 is 1.44. The molecule has 3 heterocycles. The lowest BCUT2D eigenvalue weighted by molar-refractivity contribution is -0.120. The third-order valence-corrected chi connectivity index (χ3v) is 6.46. The van der Waals surface area contributed by atoms with Gasteiger partial charge in [0.15, 0.2) is 11.0 Å². The van der Waals surface area contributed by atoms with Crippen LogP contribution in [0, 0.1) is 0 Å². The first-order valence-corrected chi connectivity index (χ1v) is 11.5. The monoisotopic (exact) mass is 425 g/mol. The van der Waals surface area contributed by atoms with Crippen LogP contribution in [0.25, 0.3) is 17.1 Å². The van der Waals surface area contributed by atoms with Gasteiger partial charge in [0.05, 0.1) is 10.9 Å². The van der Waals surface area contributed by atoms with Gasteiger partial charge in [-0.2, -0.15) is 4.68 Å². The van der Waals surface area contributed by atoms with Crippen LogP contribution >= 0.6 is 11.8 Å². The fraction of sp³-hybridized carbons (Fsp3) is 0.455. The molecule has 8 heteroatoms. The van der Waals surface area contributed by atoms with Gasteiger partial charge in [-0.3, -0.25) is 9.59 Å². The first-order chi connectivity index (χ1) is 14.6. The Labute approximate surface area is 180 Å². The van der Waals surface area contributed by atoms with Crippen molar-refractivity contribution >= 4 is 17.7 Å². The van der Waals surface area contributed by atoms with E-state index in [2.05, 4.69) is 15.0 Å². The van der Waals surface area contributed by atoms with E-state index in [4.69, 9.17) is 4.98 Å². The molecule has 0 radical (unpaired) electrons. The molecule has 0 fully saturated rings. The second kappa shape index (κ2) is 9.04. The predicted molar refractivity (Wildman–Crippen MR) is 118 cm³/mol. The van der Waals surface area contributed by atoms with Crippen LogP contribution in [0.15, 0.2) is 40.3 Å². The Kier molecular flexibility index (Phi) is 6.22. The average Bonchev–Trinajstić information content (AvgIpc) is 2.92. The summed E-state index contributed by atoms with van der Waals surface area (Å²) in [6.45, 7) is 5.40. The summed E-state index contributed by atoms with van der Waals surface area (Å²) in [6, 6.07) is 9.43. The van der Waals surface area contributed by atoms with Gasteiger partial charge >= 0.3 is 0 Å². The lowest BCUT2D eigenvalue weighted by atomic mass is 10.1. The van der Waals surface area contributed by atoms with E-state index < -0.39 is 0 Å². The van der Waals surface area contributed by atoms with E-state index in [0.29, 0.717) is 17.9 Å². The predicted octanol–water partition coefficient (Wildman–Crippen LogP) is 3.27. The molecule has 0 saturated heterocycles. The van der Waals surface area contributed by atoms with Gasteiger partial charge < -0.3 is 9.88 Å². The molecule has 1 aromatic carbocycles. The number of benzene rings is 1. The number of hydrogen-bond donors (Lipinski definition) is 1. The Bertz CT molecular complexity index is 1060. The highest BCUT2D eigenvalue weighted by molar-refractivity contribution is 8.00. The van der Waals surface area contributed by atoms with Gasteiger partial charge in [-0.15, -0.1) is 5.10 Å². The van der Waals surface area contributed by atoms with Gasteiger partial charge in [0, 0.05) is 18.8 Å². The van der Waals surface area contributed by atoms with E-state index in [1.807, 2.05) is 44.2 Å². The van der Waals surface area contributed by atoms with Gasteiger partial charge in [-0.25, -0.2) is 4.98 Å². The molecule has 0 aliphatic carbocycles. The molecule has 1 amide bonds. The fourth-order valence-electron chi connectivity index (χ4n) is 3.79. The van der Waals surface area contributed by atoms with Gasteiger partial charge in [0.25, 0.3) is 5.56 Å². The summed E-state index contributed by atoms with van der Waals surface area (Å²) in [5.74, 6) is 0.465. The molecule has 3 aliphatic rings. The molecule has 0 aromatic heterocycles. The fourth-order valence-corrected chi connectivity index (χ4v) is 4.77. The zero-order valence-corrected chi connectivity index (χ0v) is 18.2. The van der Waals surface area contributed by atoms with Crippen LogP contribution in [0.4, 0.5) is 0 Å². The first kappa shape index (κ1) is 20.7. The summed E-state index contributed by atoms with van der Waals surface area (Å²) in [5, 5.41) is 7.99.